The van der Waals surface area contributed by atoms with Crippen molar-refractivity contribution in [1.29, 1.82) is 0 Å². The first-order valence-electron chi connectivity index (χ1n) is 8.53. The molecular formula is C20H19ClFN3O2. The number of fused-ring (bicyclic) bond motifs is 1. The summed E-state index contributed by atoms with van der Waals surface area (Å²) in [7, 11) is 0. The number of benzene rings is 2. The van der Waals surface area contributed by atoms with Gasteiger partial charge in [-0.05, 0) is 54.0 Å². The van der Waals surface area contributed by atoms with E-state index in [1.165, 1.54) is 6.07 Å². The summed E-state index contributed by atoms with van der Waals surface area (Å²) in [6.07, 6.45) is 3.33. The van der Waals surface area contributed by atoms with E-state index in [0.717, 1.165) is 16.5 Å². The minimum atomic E-state index is -0.620. The molecule has 5 nitrogen and oxygen atoms in total. The zero-order valence-corrected chi connectivity index (χ0v) is 15.2. The van der Waals surface area contributed by atoms with Gasteiger partial charge >= 0.3 is 6.03 Å². The van der Waals surface area contributed by atoms with E-state index < -0.39 is 11.8 Å². The SMILES string of the molecule is NC(=O)N[C@H](CCc1ccc(F)c(Cl)c1)Cc1c[nH]c(=O)c2ccccc12. The highest BCUT2D eigenvalue weighted by Gasteiger charge is 2.15. The van der Waals surface area contributed by atoms with Crippen molar-refractivity contribution in [3.8, 4) is 0 Å². The predicted molar refractivity (Wildman–Crippen MR) is 105 cm³/mol. The van der Waals surface area contributed by atoms with Crippen LogP contribution in [0.15, 0.2) is 53.5 Å². The molecule has 140 valence electrons. The summed E-state index contributed by atoms with van der Waals surface area (Å²) in [5.41, 5.74) is 6.93. The summed E-state index contributed by atoms with van der Waals surface area (Å²) in [4.78, 5) is 26.1. The van der Waals surface area contributed by atoms with E-state index in [4.69, 9.17) is 17.3 Å². The van der Waals surface area contributed by atoms with Crippen molar-refractivity contribution in [3.05, 3.63) is 81.0 Å². The van der Waals surface area contributed by atoms with E-state index in [-0.39, 0.29) is 16.6 Å². The van der Waals surface area contributed by atoms with Crippen molar-refractivity contribution in [2.45, 2.75) is 25.3 Å². The van der Waals surface area contributed by atoms with E-state index in [9.17, 15) is 14.0 Å². The van der Waals surface area contributed by atoms with Crippen molar-refractivity contribution in [2.24, 2.45) is 5.73 Å². The molecule has 7 heteroatoms. The highest BCUT2D eigenvalue weighted by atomic mass is 35.5. The number of aromatic nitrogens is 1. The summed E-state index contributed by atoms with van der Waals surface area (Å²) < 4.78 is 13.3. The minimum absolute atomic E-state index is 0.0681. The second-order valence-corrected chi connectivity index (χ2v) is 6.79. The Labute approximate surface area is 160 Å². The van der Waals surface area contributed by atoms with Gasteiger partial charge in [0.05, 0.1) is 5.02 Å². The molecule has 0 aliphatic heterocycles. The highest BCUT2D eigenvalue weighted by molar-refractivity contribution is 6.30. The van der Waals surface area contributed by atoms with Crippen LogP contribution in [0.3, 0.4) is 0 Å². The summed E-state index contributed by atoms with van der Waals surface area (Å²) >= 11 is 5.82. The third-order valence-corrected chi connectivity index (χ3v) is 4.76. The van der Waals surface area contributed by atoms with Gasteiger partial charge in [0.2, 0.25) is 0 Å². The topological polar surface area (TPSA) is 88.0 Å². The number of amides is 2. The molecule has 1 aromatic heterocycles. The normalized spacial score (nSPS) is 12.1. The fourth-order valence-corrected chi connectivity index (χ4v) is 3.37. The van der Waals surface area contributed by atoms with Crippen LogP contribution in [0.25, 0.3) is 10.8 Å². The van der Waals surface area contributed by atoms with Crippen molar-refractivity contribution in [2.75, 3.05) is 0 Å². The van der Waals surface area contributed by atoms with E-state index in [0.29, 0.717) is 24.6 Å². The first kappa shape index (κ1) is 18.9. The van der Waals surface area contributed by atoms with Crippen LogP contribution < -0.4 is 16.6 Å². The quantitative estimate of drug-likeness (QED) is 0.604. The molecule has 0 saturated carbocycles. The molecule has 1 atom stereocenters. The maximum Gasteiger partial charge on any atom is 0.312 e. The van der Waals surface area contributed by atoms with Crippen LogP contribution in [0.1, 0.15) is 17.5 Å². The van der Waals surface area contributed by atoms with Gasteiger partial charge in [-0.1, -0.05) is 35.9 Å². The number of hydrogen-bond acceptors (Lipinski definition) is 2. The molecule has 0 unspecified atom stereocenters. The van der Waals surface area contributed by atoms with Crippen molar-refractivity contribution >= 4 is 28.4 Å². The first-order chi connectivity index (χ1) is 12.9. The number of H-pyrrole nitrogens is 1. The van der Waals surface area contributed by atoms with Gasteiger partial charge in [0.1, 0.15) is 5.82 Å². The number of pyridine rings is 1. The second-order valence-electron chi connectivity index (χ2n) is 6.39. The van der Waals surface area contributed by atoms with Crippen molar-refractivity contribution < 1.29 is 9.18 Å². The molecule has 0 bridgehead atoms. The minimum Gasteiger partial charge on any atom is -0.352 e. The number of primary amides is 1. The van der Waals surface area contributed by atoms with Crippen LogP contribution >= 0.6 is 11.6 Å². The second kappa shape index (κ2) is 8.22. The first-order valence-corrected chi connectivity index (χ1v) is 8.91. The lowest BCUT2D eigenvalue weighted by Gasteiger charge is -2.19. The molecule has 0 saturated heterocycles. The van der Waals surface area contributed by atoms with Crippen molar-refractivity contribution in [3.63, 3.8) is 0 Å². The molecule has 2 aromatic carbocycles. The van der Waals surface area contributed by atoms with Gasteiger partial charge in [-0.3, -0.25) is 4.79 Å². The van der Waals surface area contributed by atoms with Gasteiger partial charge < -0.3 is 16.0 Å². The maximum atomic E-state index is 13.3. The van der Waals surface area contributed by atoms with Crippen LogP contribution in [-0.4, -0.2) is 17.1 Å². The molecule has 4 N–H and O–H groups in total. The molecule has 1 heterocycles. The summed E-state index contributed by atoms with van der Waals surface area (Å²) in [6.45, 7) is 0. The Hall–Kier alpha value is -2.86. The maximum absolute atomic E-state index is 13.3. The molecule has 3 aromatic rings. The van der Waals surface area contributed by atoms with E-state index >= 15 is 0 Å². The zero-order valence-electron chi connectivity index (χ0n) is 14.5. The van der Waals surface area contributed by atoms with Gasteiger partial charge in [0, 0.05) is 17.6 Å². The highest BCUT2D eigenvalue weighted by Crippen LogP contribution is 2.20. The van der Waals surface area contributed by atoms with E-state index in [1.807, 2.05) is 12.1 Å². The lowest BCUT2D eigenvalue weighted by atomic mass is 9.97. The lowest BCUT2D eigenvalue weighted by Crippen LogP contribution is -2.40. The van der Waals surface area contributed by atoms with Gasteiger partial charge in [0.25, 0.3) is 5.56 Å². The summed E-state index contributed by atoms with van der Waals surface area (Å²) in [5.74, 6) is -0.466. The average molecular weight is 388 g/mol. The molecule has 0 spiro atoms. The third kappa shape index (κ3) is 4.65. The number of rotatable bonds is 6. The molecule has 0 radical (unpaired) electrons. The van der Waals surface area contributed by atoms with E-state index in [1.54, 1.807) is 30.5 Å². The summed E-state index contributed by atoms with van der Waals surface area (Å²) in [5, 5.41) is 4.24. The largest absolute Gasteiger partial charge is 0.352 e. The van der Waals surface area contributed by atoms with Crippen LogP contribution in [0.4, 0.5) is 9.18 Å². The molecule has 3 rings (SSSR count). The molecule has 0 aliphatic rings. The number of nitrogens with one attached hydrogen (secondary N) is 2. The summed E-state index contributed by atoms with van der Waals surface area (Å²) in [6, 6.07) is 11.0. The molecule has 0 aliphatic carbocycles. The number of nitrogens with two attached hydrogens (primary N) is 1. The smallest absolute Gasteiger partial charge is 0.312 e. The molecular weight excluding hydrogens is 369 g/mol. The van der Waals surface area contributed by atoms with E-state index in [2.05, 4.69) is 10.3 Å². The lowest BCUT2D eigenvalue weighted by molar-refractivity contribution is 0.244. The van der Waals surface area contributed by atoms with Gasteiger partial charge in [-0.2, -0.15) is 0 Å². The number of halogens is 2. The number of hydrogen-bond donors (Lipinski definition) is 3. The van der Waals surface area contributed by atoms with Crippen molar-refractivity contribution in [1.82, 2.24) is 10.3 Å². The molecule has 0 fully saturated rings. The number of urea groups is 1. The predicted octanol–water partition coefficient (Wildman–Crippen LogP) is 3.53. The zero-order chi connectivity index (χ0) is 19.4. The fourth-order valence-electron chi connectivity index (χ4n) is 3.17. The van der Waals surface area contributed by atoms with Gasteiger partial charge in [-0.15, -0.1) is 0 Å². The Morgan fingerprint density at radius 2 is 1.96 bits per heavy atom. The number of carbonyl (C=O) groups excluding carboxylic acids is 1. The Balaban J connectivity index is 1.81. The Kier molecular flexibility index (Phi) is 5.76. The number of carbonyl (C=O) groups is 1. The Morgan fingerprint density at radius 1 is 1.22 bits per heavy atom. The van der Waals surface area contributed by atoms with Crippen LogP contribution in [0.2, 0.25) is 5.02 Å². The van der Waals surface area contributed by atoms with Gasteiger partial charge in [0.15, 0.2) is 0 Å². The van der Waals surface area contributed by atoms with Crippen LogP contribution in [-0.2, 0) is 12.8 Å². The van der Waals surface area contributed by atoms with Crippen LogP contribution in [0, 0.1) is 5.82 Å². The standard InChI is InChI=1S/C20H19ClFN3O2/c21-17-9-12(6-8-18(17)22)5-7-14(25-20(23)27)10-13-11-24-19(26)16-4-2-1-3-15(13)16/h1-4,6,8-9,11,14H,5,7,10H2,(H,24,26)(H3,23,25,27)/t14-/m1/s1. The molecule has 2 amide bonds. The average Bonchev–Trinajstić information content (AvgIpc) is 2.64. The molecule has 27 heavy (non-hydrogen) atoms. The van der Waals surface area contributed by atoms with Crippen LogP contribution in [0.5, 0.6) is 0 Å². The fraction of sp³-hybridized carbons (Fsp3) is 0.200. The monoisotopic (exact) mass is 387 g/mol. The third-order valence-electron chi connectivity index (χ3n) is 4.47. The Morgan fingerprint density at radius 3 is 2.67 bits per heavy atom. The number of aromatic amines is 1. The number of aryl methyl sites for hydroxylation is 1. The van der Waals surface area contributed by atoms with Gasteiger partial charge in [-0.25, -0.2) is 9.18 Å². The Bertz CT molecular complexity index is 1040.